The summed E-state index contributed by atoms with van der Waals surface area (Å²) in [7, 11) is 0. The Bertz CT molecular complexity index is 388. The van der Waals surface area contributed by atoms with Crippen LogP contribution in [0.3, 0.4) is 0 Å². The zero-order chi connectivity index (χ0) is 13.7. The molecule has 0 amide bonds. The summed E-state index contributed by atoms with van der Waals surface area (Å²) in [6.07, 6.45) is 3.51. The average molecular weight is 280 g/mol. The molecule has 0 bridgehead atoms. The molecular weight excluding hydrogens is 256 g/mol. The molecule has 2 atom stereocenters. The molecule has 0 saturated carbocycles. The first kappa shape index (κ1) is 14.7. The first-order valence-electron chi connectivity index (χ1n) is 7.02. The normalized spacial score (nSPS) is 24.4. The minimum Gasteiger partial charge on any atom is -0.494 e. The molecule has 1 saturated heterocycles. The van der Waals surface area contributed by atoms with E-state index in [0.717, 1.165) is 18.8 Å². The Morgan fingerprint density at radius 1 is 1.42 bits per heavy atom. The maximum absolute atomic E-state index is 5.79. The monoisotopic (exact) mass is 280 g/mol. The van der Waals surface area contributed by atoms with Gasteiger partial charge in [0.1, 0.15) is 5.75 Å². The first-order valence-corrected chi connectivity index (χ1v) is 8.01. The van der Waals surface area contributed by atoms with Gasteiger partial charge in [0.25, 0.3) is 0 Å². The highest BCUT2D eigenvalue weighted by atomic mass is 32.2. The lowest BCUT2D eigenvalue weighted by Gasteiger charge is -2.33. The topological polar surface area (TPSA) is 47.3 Å². The van der Waals surface area contributed by atoms with Crippen molar-refractivity contribution in [3.05, 3.63) is 29.8 Å². The Hall–Kier alpha value is -0.710. The van der Waals surface area contributed by atoms with Crippen LogP contribution in [0.15, 0.2) is 24.3 Å². The molecule has 1 fully saturated rings. The highest BCUT2D eigenvalue weighted by molar-refractivity contribution is 8.00. The van der Waals surface area contributed by atoms with Crippen molar-refractivity contribution in [2.24, 2.45) is 5.84 Å². The van der Waals surface area contributed by atoms with Crippen molar-refractivity contribution in [1.29, 1.82) is 0 Å². The summed E-state index contributed by atoms with van der Waals surface area (Å²) >= 11 is 2.02. The van der Waals surface area contributed by atoms with Crippen molar-refractivity contribution in [2.45, 2.75) is 43.9 Å². The smallest absolute Gasteiger partial charge is 0.119 e. The van der Waals surface area contributed by atoms with Gasteiger partial charge in [0, 0.05) is 4.75 Å². The van der Waals surface area contributed by atoms with E-state index < -0.39 is 0 Å². The third kappa shape index (κ3) is 3.44. The third-order valence-electron chi connectivity index (χ3n) is 3.71. The predicted molar refractivity (Wildman–Crippen MR) is 82.4 cm³/mol. The summed E-state index contributed by atoms with van der Waals surface area (Å²) in [5, 5.41) is 0. The lowest BCUT2D eigenvalue weighted by Crippen LogP contribution is -2.41. The van der Waals surface area contributed by atoms with Crippen LogP contribution in [0, 0.1) is 0 Å². The van der Waals surface area contributed by atoms with Gasteiger partial charge in [-0.15, -0.1) is 0 Å². The predicted octanol–water partition coefficient (Wildman–Crippen LogP) is 3.27. The lowest BCUT2D eigenvalue weighted by atomic mass is 9.91. The molecule has 2 unspecified atom stereocenters. The number of hydrogen-bond acceptors (Lipinski definition) is 4. The van der Waals surface area contributed by atoms with Gasteiger partial charge in [0.05, 0.1) is 12.6 Å². The Morgan fingerprint density at radius 3 is 2.68 bits per heavy atom. The van der Waals surface area contributed by atoms with Gasteiger partial charge in [0.2, 0.25) is 0 Å². The lowest BCUT2D eigenvalue weighted by molar-refractivity contribution is 0.317. The highest BCUT2D eigenvalue weighted by Gasteiger charge is 2.38. The summed E-state index contributed by atoms with van der Waals surface area (Å²) in [4.78, 5) is 0. The highest BCUT2D eigenvalue weighted by Crippen LogP contribution is 2.46. The number of benzene rings is 1. The van der Waals surface area contributed by atoms with E-state index in [9.17, 15) is 0 Å². The molecule has 19 heavy (non-hydrogen) atoms. The largest absolute Gasteiger partial charge is 0.494 e. The molecule has 3 N–H and O–H groups in total. The number of hydrazine groups is 1. The van der Waals surface area contributed by atoms with Gasteiger partial charge < -0.3 is 4.74 Å². The van der Waals surface area contributed by atoms with Gasteiger partial charge in [-0.2, -0.15) is 11.8 Å². The molecule has 4 heteroatoms. The molecule has 0 aromatic heterocycles. The van der Waals surface area contributed by atoms with Crippen LogP contribution in [0.5, 0.6) is 5.75 Å². The zero-order valence-electron chi connectivity index (χ0n) is 11.8. The fourth-order valence-electron chi connectivity index (χ4n) is 2.63. The summed E-state index contributed by atoms with van der Waals surface area (Å²) < 4.78 is 5.81. The van der Waals surface area contributed by atoms with E-state index in [2.05, 4.69) is 31.4 Å². The van der Waals surface area contributed by atoms with E-state index in [1.807, 2.05) is 23.9 Å². The number of rotatable bonds is 6. The SMILES string of the molecule is CCCOc1ccc(C(NN)C2(C)CCCS2)cc1. The van der Waals surface area contributed by atoms with Crippen LogP contribution in [-0.4, -0.2) is 17.1 Å². The summed E-state index contributed by atoms with van der Waals surface area (Å²) in [5.41, 5.74) is 4.24. The first-order chi connectivity index (χ1) is 9.19. The number of nitrogens with one attached hydrogen (secondary N) is 1. The van der Waals surface area contributed by atoms with E-state index in [1.54, 1.807) is 0 Å². The molecule has 1 aliphatic rings. The van der Waals surface area contributed by atoms with Gasteiger partial charge >= 0.3 is 0 Å². The minimum absolute atomic E-state index is 0.195. The van der Waals surface area contributed by atoms with Gasteiger partial charge in [-0.1, -0.05) is 19.1 Å². The number of ether oxygens (including phenoxy) is 1. The average Bonchev–Trinajstić information content (AvgIpc) is 2.86. The molecule has 1 aromatic rings. The summed E-state index contributed by atoms with van der Waals surface area (Å²) in [5.74, 6) is 7.96. The molecule has 0 spiro atoms. The molecule has 1 heterocycles. The van der Waals surface area contributed by atoms with Crippen LogP contribution >= 0.6 is 11.8 Å². The minimum atomic E-state index is 0.195. The summed E-state index contributed by atoms with van der Waals surface area (Å²) in [6.45, 7) is 5.18. The molecule has 1 aliphatic heterocycles. The molecule has 1 aromatic carbocycles. The van der Waals surface area contributed by atoms with Gasteiger partial charge in [0.15, 0.2) is 0 Å². The van der Waals surface area contributed by atoms with Crippen molar-refractivity contribution < 1.29 is 4.74 Å². The second-order valence-electron chi connectivity index (χ2n) is 5.28. The molecule has 106 valence electrons. The fourth-order valence-corrected chi connectivity index (χ4v) is 4.04. The van der Waals surface area contributed by atoms with Crippen molar-refractivity contribution in [1.82, 2.24) is 5.43 Å². The fraction of sp³-hybridized carbons (Fsp3) is 0.600. The number of nitrogens with two attached hydrogens (primary N) is 1. The van der Waals surface area contributed by atoms with Gasteiger partial charge in [-0.05, 0) is 49.6 Å². The number of hydrogen-bond donors (Lipinski definition) is 2. The second kappa shape index (κ2) is 6.64. The van der Waals surface area contributed by atoms with Crippen LogP contribution in [0.4, 0.5) is 0 Å². The Labute approximate surface area is 120 Å². The maximum Gasteiger partial charge on any atom is 0.119 e. The molecule has 3 nitrogen and oxygen atoms in total. The Balaban J connectivity index is 2.10. The van der Waals surface area contributed by atoms with Crippen LogP contribution < -0.4 is 16.0 Å². The van der Waals surface area contributed by atoms with Crippen LogP contribution in [0.1, 0.15) is 44.7 Å². The quantitative estimate of drug-likeness (QED) is 0.620. The number of thioether (sulfide) groups is 1. The molecule has 0 radical (unpaired) electrons. The summed E-state index contributed by atoms with van der Waals surface area (Å²) in [6, 6.07) is 8.52. The van der Waals surface area contributed by atoms with E-state index >= 15 is 0 Å². The maximum atomic E-state index is 5.79. The van der Waals surface area contributed by atoms with E-state index in [-0.39, 0.29) is 10.8 Å². The van der Waals surface area contributed by atoms with E-state index in [4.69, 9.17) is 10.6 Å². The third-order valence-corrected chi connectivity index (χ3v) is 5.31. The second-order valence-corrected chi connectivity index (χ2v) is 6.91. The van der Waals surface area contributed by atoms with Crippen molar-refractivity contribution in [2.75, 3.05) is 12.4 Å². The Kier molecular flexibility index (Phi) is 5.13. The van der Waals surface area contributed by atoms with Crippen LogP contribution in [0.2, 0.25) is 0 Å². The molecular formula is C15H24N2OS. The van der Waals surface area contributed by atoms with Crippen molar-refractivity contribution in [3.63, 3.8) is 0 Å². The van der Waals surface area contributed by atoms with E-state index in [0.29, 0.717) is 0 Å². The van der Waals surface area contributed by atoms with Crippen LogP contribution in [0.25, 0.3) is 0 Å². The Morgan fingerprint density at radius 2 is 2.16 bits per heavy atom. The molecule has 2 rings (SSSR count). The van der Waals surface area contributed by atoms with Gasteiger partial charge in [-0.25, -0.2) is 0 Å². The van der Waals surface area contributed by atoms with E-state index in [1.165, 1.54) is 24.2 Å². The zero-order valence-corrected chi connectivity index (χ0v) is 12.6. The van der Waals surface area contributed by atoms with Crippen LogP contribution in [-0.2, 0) is 0 Å². The van der Waals surface area contributed by atoms with Gasteiger partial charge in [-0.3, -0.25) is 11.3 Å². The van der Waals surface area contributed by atoms with Crippen molar-refractivity contribution >= 4 is 11.8 Å². The standard InChI is InChI=1S/C15H24N2OS/c1-3-10-18-13-7-5-12(6-8-13)14(17-16)15(2)9-4-11-19-15/h5-8,14,17H,3-4,9-11,16H2,1-2H3. The molecule has 0 aliphatic carbocycles. The van der Waals surface area contributed by atoms with Crippen molar-refractivity contribution in [3.8, 4) is 5.75 Å².